The van der Waals surface area contributed by atoms with Gasteiger partial charge < -0.3 is 28.2 Å². The Hall–Kier alpha value is -3.76. The summed E-state index contributed by atoms with van der Waals surface area (Å²) in [6, 6.07) is 11.3. The Labute approximate surface area is 195 Å². The predicted molar refractivity (Wildman–Crippen MR) is 121 cm³/mol. The Balaban J connectivity index is 1.53. The van der Waals surface area contributed by atoms with E-state index in [1.807, 2.05) is 0 Å². The molecule has 0 spiro atoms. The van der Waals surface area contributed by atoms with Crippen LogP contribution in [0.5, 0.6) is 17.4 Å². The number of fused-ring (bicyclic) bond motifs is 1. The van der Waals surface area contributed by atoms with Gasteiger partial charge in [-0.25, -0.2) is 14.4 Å². The van der Waals surface area contributed by atoms with Gasteiger partial charge in [-0.15, -0.1) is 0 Å². The summed E-state index contributed by atoms with van der Waals surface area (Å²) in [7, 11) is 3.21. The molecule has 34 heavy (non-hydrogen) atoms. The second-order valence-electron chi connectivity index (χ2n) is 7.15. The smallest absolute Gasteiger partial charge is 0.225 e. The van der Waals surface area contributed by atoms with E-state index in [2.05, 4.69) is 15.1 Å². The van der Waals surface area contributed by atoms with Crippen LogP contribution in [0.2, 0.25) is 0 Å². The molecule has 0 radical (unpaired) electrons. The van der Waals surface area contributed by atoms with Crippen LogP contribution in [0.3, 0.4) is 0 Å². The number of methoxy groups -OCH3 is 2. The van der Waals surface area contributed by atoms with Crippen molar-refractivity contribution in [3.05, 3.63) is 60.4 Å². The molecule has 9 nitrogen and oxygen atoms in total. The van der Waals surface area contributed by atoms with Crippen molar-refractivity contribution >= 4 is 10.9 Å². The summed E-state index contributed by atoms with van der Waals surface area (Å²) in [6.07, 6.45) is 1.41. The van der Waals surface area contributed by atoms with Gasteiger partial charge in [-0.05, 0) is 30.3 Å². The molecule has 4 rings (SSSR count). The van der Waals surface area contributed by atoms with E-state index < -0.39 is 0 Å². The van der Waals surface area contributed by atoms with E-state index in [9.17, 15) is 4.39 Å². The molecule has 0 aliphatic heterocycles. The maximum atomic E-state index is 13.2. The number of nitrogens with zero attached hydrogens (tertiary/aromatic N) is 3. The third kappa shape index (κ3) is 5.77. The van der Waals surface area contributed by atoms with Crippen LogP contribution in [-0.4, -0.2) is 55.8 Å². The summed E-state index contributed by atoms with van der Waals surface area (Å²) in [5.41, 5.74) is 1.95. The predicted octanol–water partition coefficient (Wildman–Crippen LogP) is 4.05. The van der Waals surface area contributed by atoms with E-state index in [0.717, 1.165) is 5.56 Å². The highest BCUT2D eigenvalue weighted by Gasteiger charge is 2.15. The lowest BCUT2D eigenvalue weighted by Crippen LogP contribution is -2.09. The number of benzene rings is 2. The molecular formula is C24H24FN3O6. The van der Waals surface area contributed by atoms with Gasteiger partial charge in [0.05, 0.1) is 24.1 Å². The van der Waals surface area contributed by atoms with Gasteiger partial charge in [0.25, 0.3) is 0 Å². The molecule has 178 valence electrons. The van der Waals surface area contributed by atoms with Crippen molar-refractivity contribution in [3.63, 3.8) is 0 Å². The van der Waals surface area contributed by atoms with Crippen LogP contribution < -0.4 is 14.2 Å². The van der Waals surface area contributed by atoms with Gasteiger partial charge in [0, 0.05) is 31.9 Å². The molecule has 0 saturated carbocycles. The lowest BCUT2D eigenvalue weighted by Gasteiger charge is -2.14. The van der Waals surface area contributed by atoms with Crippen LogP contribution >= 0.6 is 0 Å². The van der Waals surface area contributed by atoms with Crippen LogP contribution in [-0.2, 0) is 16.1 Å². The number of aromatic nitrogens is 3. The highest BCUT2D eigenvalue weighted by atomic mass is 19.1. The molecule has 0 amide bonds. The largest absolute Gasteiger partial charge is 0.487 e. The first-order chi connectivity index (χ1) is 16.7. The van der Waals surface area contributed by atoms with Crippen LogP contribution in [0.15, 0.2) is 53.3 Å². The standard InChI is InChI=1S/C24H24FN3O6/c1-29-7-9-31-22-12-19-21(13-23(22)32-10-8-30-2)26-15-27-24(19)33-14-18-11-20(28-34-18)16-3-5-17(25)6-4-16/h3-6,11-13,15H,7-10,14H2,1-2H3. The number of rotatable bonds is 12. The highest BCUT2D eigenvalue weighted by molar-refractivity contribution is 5.86. The van der Waals surface area contributed by atoms with Crippen LogP contribution in [0.1, 0.15) is 5.76 Å². The molecule has 10 heteroatoms. The number of hydrogen-bond donors (Lipinski definition) is 0. The minimum atomic E-state index is -0.315. The van der Waals surface area contributed by atoms with Gasteiger partial charge in [-0.3, -0.25) is 0 Å². The second-order valence-corrected chi connectivity index (χ2v) is 7.15. The normalized spacial score (nSPS) is 11.0. The Kier molecular flexibility index (Phi) is 7.84. The molecule has 4 aromatic rings. The van der Waals surface area contributed by atoms with Gasteiger partial charge >= 0.3 is 0 Å². The van der Waals surface area contributed by atoms with E-state index in [1.54, 1.807) is 44.6 Å². The fraction of sp³-hybridized carbons (Fsp3) is 0.292. The number of ether oxygens (including phenoxy) is 5. The van der Waals surface area contributed by atoms with Crippen molar-refractivity contribution in [3.8, 4) is 28.6 Å². The third-order valence-corrected chi connectivity index (χ3v) is 4.80. The van der Waals surface area contributed by atoms with Crippen molar-refractivity contribution in [2.45, 2.75) is 6.61 Å². The fourth-order valence-electron chi connectivity index (χ4n) is 3.13. The first-order valence-corrected chi connectivity index (χ1v) is 10.5. The summed E-state index contributed by atoms with van der Waals surface area (Å²) in [5, 5.41) is 4.67. The fourth-order valence-corrected chi connectivity index (χ4v) is 3.13. The summed E-state index contributed by atoms with van der Waals surface area (Å²) < 4.78 is 46.2. The molecular weight excluding hydrogens is 445 g/mol. The molecule has 0 unspecified atom stereocenters. The summed E-state index contributed by atoms with van der Waals surface area (Å²) >= 11 is 0. The third-order valence-electron chi connectivity index (χ3n) is 4.80. The van der Waals surface area contributed by atoms with Gasteiger partial charge in [-0.2, -0.15) is 0 Å². The summed E-state index contributed by atoms with van der Waals surface area (Å²) in [4.78, 5) is 8.59. The first kappa shape index (κ1) is 23.4. The van der Waals surface area contributed by atoms with Crippen LogP contribution in [0.4, 0.5) is 4.39 Å². The highest BCUT2D eigenvalue weighted by Crippen LogP contribution is 2.35. The van der Waals surface area contributed by atoms with E-state index in [4.69, 9.17) is 28.2 Å². The van der Waals surface area contributed by atoms with Crippen molar-refractivity contribution in [2.75, 3.05) is 40.6 Å². The van der Waals surface area contributed by atoms with Crippen LogP contribution in [0, 0.1) is 5.82 Å². The maximum Gasteiger partial charge on any atom is 0.225 e. The molecule has 0 saturated heterocycles. The van der Waals surface area contributed by atoms with Crippen molar-refractivity contribution < 1.29 is 32.6 Å². The average molecular weight is 469 g/mol. The Morgan fingerprint density at radius 3 is 2.24 bits per heavy atom. The topological polar surface area (TPSA) is 98.0 Å². The van der Waals surface area contributed by atoms with Crippen molar-refractivity contribution in [1.82, 2.24) is 15.1 Å². The van der Waals surface area contributed by atoms with Gasteiger partial charge in [0.15, 0.2) is 23.9 Å². The molecule has 2 aromatic carbocycles. The summed E-state index contributed by atoms with van der Waals surface area (Å²) in [5.74, 6) is 1.57. The monoisotopic (exact) mass is 469 g/mol. The molecule has 0 N–H and O–H groups in total. The number of halogens is 1. The quantitative estimate of drug-likeness (QED) is 0.285. The van der Waals surface area contributed by atoms with E-state index in [-0.39, 0.29) is 12.4 Å². The minimum Gasteiger partial charge on any atom is -0.487 e. The van der Waals surface area contributed by atoms with Gasteiger partial charge in [0.1, 0.15) is 31.1 Å². The summed E-state index contributed by atoms with van der Waals surface area (Å²) in [6.45, 7) is 1.65. The van der Waals surface area contributed by atoms with Crippen LogP contribution in [0.25, 0.3) is 22.2 Å². The Bertz CT molecular complexity index is 1220. The van der Waals surface area contributed by atoms with E-state index in [1.165, 1.54) is 18.5 Å². The SMILES string of the molecule is COCCOc1cc2ncnc(OCc3cc(-c4ccc(F)cc4)no3)c2cc1OCCOC. The molecule has 0 fully saturated rings. The minimum absolute atomic E-state index is 0.0895. The first-order valence-electron chi connectivity index (χ1n) is 10.5. The van der Waals surface area contributed by atoms with Crippen molar-refractivity contribution in [2.24, 2.45) is 0 Å². The molecule has 0 aliphatic rings. The second kappa shape index (κ2) is 11.4. The molecule has 2 heterocycles. The van der Waals surface area contributed by atoms with Gasteiger partial charge in [0.2, 0.25) is 5.88 Å². The molecule has 0 bridgehead atoms. The lowest BCUT2D eigenvalue weighted by molar-refractivity contribution is 0.132. The Morgan fingerprint density at radius 2 is 1.53 bits per heavy atom. The molecule has 0 aliphatic carbocycles. The Morgan fingerprint density at radius 1 is 0.824 bits per heavy atom. The molecule has 2 aromatic heterocycles. The van der Waals surface area contributed by atoms with E-state index in [0.29, 0.717) is 66.2 Å². The molecule has 0 atom stereocenters. The van der Waals surface area contributed by atoms with E-state index >= 15 is 0 Å². The lowest BCUT2D eigenvalue weighted by atomic mass is 10.1. The maximum absolute atomic E-state index is 13.2. The zero-order valence-electron chi connectivity index (χ0n) is 18.8. The van der Waals surface area contributed by atoms with Crippen molar-refractivity contribution in [1.29, 1.82) is 0 Å². The zero-order valence-corrected chi connectivity index (χ0v) is 18.8. The van der Waals surface area contributed by atoms with Gasteiger partial charge in [-0.1, -0.05) is 5.16 Å². The zero-order chi connectivity index (χ0) is 23.8. The number of hydrogen-bond acceptors (Lipinski definition) is 9. The average Bonchev–Trinajstić information content (AvgIpc) is 3.32.